The highest BCUT2D eigenvalue weighted by Crippen LogP contribution is 2.15. The van der Waals surface area contributed by atoms with Crippen LogP contribution in [0.4, 0.5) is 10.6 Å². The highest BCUT2D eigenvalue weighted by Gasteiger charge is 2.21. The fourth-order valence-corrected chi connectivity index (χ4v) is 1.17. The third-order valence-electron chi connectivity index (χ3n) is 2.00. The zero-order chi connectivity index (χ0) is 13.1. The molecule has 0 saturated carbocycles. The van der Waals surface area contributed by atoms with Crippen LogP contribution in [0.5, 0.6) is 0 Å². The van der Waals surface area contributed by atoms with Crippen molar-refractivity contribution in [2.45, 2.75) is 33.0 Å². The molecule has 1 aromatic heterocycles. The fraction of sp³-hybridized carbons (Fsp3) is 0.500. The second kappa shape index (κ2) is 5.14. The molecule has 5 nitrogen and oxygen atoms in total. The number of nitrogens with zero attached hydrogens (tertiary/aromatic N) is 2. The van der Waals surface area contributed by atoms with Crippen molar-refractivity contribution in [3.8, 4) is 0 Å². The molecule has 17 heavy (non-hydrogen) atoms. The Bertz CT molecular complexity index is 399. The molecule has 1 heterocycles. The van der Waals surface area contributed by atoms with Crippen LogP contribution in [0.3, 0.4) is 0 Å². The van der Waals surface area contributed by atoms with Gasteiger partial charge >= 0.3 is 6.09 Å². The maximum Gasteiger partial charge on any atom is 0.415 e. The zero-order valence-electron chi connectivity index (χ0n) is 10.6. The van der Waals surface area contributed by atoms with E-state index in [1.165, 1.54) is 4.90 Å². The number of ether oxygens (including phenoxy) is 1. The minimum Gasteiger partial charge on any atom is -0.443 e. The van der Waals surface area contributed by atoms with E-state index in [1.807, 2.05) is 0 Å². The number of aliphatic hydroxyl groups excluding tert-OH is 1. The molecule has 1 amide bonds. The van der Waals surface area contributed by atoms with Crippen LogP contribution in [0.15, 0.2) is 18.3 Å². The average Bonchev–Trinajstić information content (AvgIpc) is 2.26. The molecule has 1 rings (SSSR count). The van der Waals surface area contributed by atoms with Gasteiger partial charge in [0.05, 0.1) is 6.61 Å². The lowest BCUT2D eigenvalue weighted by Crippen LogP contribution is -2.34. The molecular weight excluding hydrogens is 220 g/mol. The Hall–Kier alpha value is -1.62. The van der Waals surface area contributed by atoms with Crippen LogP contribution in [0.25, 0.3) is 0 Å². The molecular formula is C12H18N2O3. The predicted molar refractivity (Wildman–Crippen MR) is 64.8 cm³/mol. The van der Waals surface area contributed by atoms with Crippen molar-refractivity contribution >= 4 is 11.9 Å². The van der Waals surface area contributed by atoms with Crippen LogP contribution in [-0.2, 0) is 11.3 Å². The van der Waals surface area contributed by atoms with Gasteiger partial charge in [0.2, 0.25) is 0 Å². The highest BCUT2D eigenvalue weighted by atomic mass is 16.6. The first-order valence-electron chi connectivity index (χ1n) is 5.36. The molecule has 1 aromatic rings. The maximum atomic E-state index is 11.8. The van der Waals surface area contributed by atoms with E-state index in [2.05, 4.69) is 4.98 Å². The van der Waals surface area contributed by atoms with Gasteiger partial charge in [0.1, 0.15) is 11.4 Å². The maximum absolute atomic E-state index is 11.8. The minimum absolute atomic E-state index is 0.0856. The Balaban J connectivity index is 2.81. The molecule has 0 unspecified atom stereocenters. The summed E-state index contributed by atoms with van der Waals surface area (Å²) in [4.78, 5) is 17.1. The number of anilines is 1. The Morgan fingerprint density at radius 1 is 1.53 bits per heavy atom. The number of carbonyl (C=O) groups excluding carboxylic acids is 1. The third-order valence-corrected chi connectivity index (χ3v) is 2.00. The first-order chi connectivity index (χ1) is 7.83. The van der Waals surface area contributed by atoms with Gasteiger partial charge in [0.25, 0.3) is 0 Å². The van der Waals surface area contributed by atoms with Crippen molar-refractivity contribution in [2.24, 2.45) is 0 Å². The van der Waals surface area contributed by atoms with Gasteiger partial charge in [-0.1, -0.05) is 0 Å². The van der Waals surface area contributed by atoms with Gasteiger partial charge in [0.15, 0.2) is 0 Å². The lowest BCUT2D eigenvalue weighted by molar-refractivity contribution is 0.0588. The summed E-state index contributed by atoms with van der Waals surface area (Å²) in [7, 11) is 1.58. The first-order valence-corrected chi connectivity index (χ1v) is 5.36. The van der Waals surface area contributed by atoms with E-state index in [0.29, 0.717) is 11.4 Å². The lowest BCUT2D eigenvalue weighted by Gasteiger charge is -2.24. The Morgan fingerprint density at radius 3 is 2.71 bits per heavy atom. The number of pyridine rings is 1. The summed E-state index contributed by atoms with van der Waals surface area (Å²) in [5, 5.41) is 9.01. The molecule has 0 spiro atoms. The van der Waals surface area contributed by atoms with Gasteiger partial charge < -0.3 is 9.84 Å². The highest BCUT2D eigenvalue weighted by molar-refractivity contribution is 5.86. The number of rotatable bonds is 2. The fourth-order valence-electron chi connectivity index (χ4n) is 1.17. The normalized spacial score (nSPS) is 11.1. The number of hydrogen-bond donors (Lipinski definition) is 1. The molecule has 0 aliphatic rings. The molecule has 1 N–H and O–H groups in total. The van der Waals surface area contributed by atoms with Crippen LogP contribution >= 0.6 is 0 Å². The molecule has 0 aliphatic carbocycles. The van der Waals surface area contributed by atoms with Gasteiger partial charge in [-0.15, -0.1) is 0 Å². The molecule has 0 atom stereocenters. The van der Waals surface area contributed by atoms with E-state index in [-0.39, 0.29) is 6.61 Å². The molecule has 0 saturated heterocycles. The summed E-state index contributed by atoms with van der Waals surface area (Å²) in [6.07, 6.45) is 1.07. The summed E-state index contributed by atoms with van der Waals surface area (Å²) < 4.78 is 5.21. The smallest absolute Gasteiger partial charge is 0.415 e. The standard InChI is InChI=1S/C12H18N2O3/c1-12(2,3)17-11(16)14(4)10-7-9(8-15)5-6-13-10/h5-7,15H,8H2,1-4H3. The molecule has 94 valence electrons. The summed E-state index contributed by atoms with van der Waals surface area (Å²) in [5.41, 5.74) is 0.158. The molecule has 0 bridgehead atoms. The monoisotopic (exact) mass is 238 g/mol. The lowest BCUT2D eigenvalue weighted by atomic mass is 10.2. The van der Waals surface area contributed by atoms with Crippen LogP contribution < -0.4 is 4.90 Å². The number of hydrogen-bond acceptors (Lipinski definition) is 4. The summed E-state index contributed by atoms with van der Waals surface area (Å²) in [6, 6.07) is 3.33. The van der Waals surface area contributed by atoms with Crippen molar-refractivity contribution in [1.82, 2.24) is 4.98 Å². The Labute approximate surface area is 101 Å². The topological polar surface area (TPSA) is 62.7 Å². The van der Waals surface area contributed by atoms with Gasteiger partial charge in [-0.05, 0) is 38.5 Å². The summed E-state index contributed by atoms with van der Waals surface area (Å²) in [5.74, 6) is 0.450. The van der Waals surface area contributed by atoms with Crippen LogP contribution in [0.2, 0.25) is 0 Å². The second-order valence-corrected chi connectivity index (χ2v) is 4.72. The van der Waals surface area contributed by atoms with E-state index < -0.39 is 11.7 Å². The van der Waals surface area contributed by atoms with Crippen molar-refractivity contribution in [3.63, 3.8) is 0 Å². The zero-order valence-corrected chi connectivity index (χ0v) is 10.6. The SMILES string of the molecule is CN(C(=O)OC(C)(C)C)c1cc(CO)ccn1. The van der Waals surface area contributed by atoms with E-state index in [1.54, 1.807) is 46.1 Å². The third kappa shape index (κ3) is 4.03. The Morgan fingerprint density at radius 2 is 2.18 bits per heavy atom. The molecule has 0 aliphatic heterocycles. The Kier molecular flexibility index (Phi) is 4.07. The van der Waals surface area contributed by atoms with Crippen molar-refractivity contribution in [1.29, 1.82) is 0 Å². The van der Waals surface area contributed by atoms with E-state index in [4.69, 9.17) is 9.84 Å². The molecule has 0 fully saturated rings. The number of aliphatic hydroxyl groups is 1. The quantitative estimate of drug-likeness (QED) is 0.855. The van der Waals surface area contributed by atoms with E-state index in [9.17, 15) is 4.79 Å². The average molecular weight is 238 g/mol. The molecule has 0 radical (unpaired) electrons. The van der Waals surface area contributed by atoms with Crippen LogP contribution in [0.1, 0.15) is 26.3 Å². The van der Waals surface area contributed by atoms with Gasteiger partial charge in [-0.3, -0.25) is 4.90 Å². The van der Waals surface area contributed by atoms with Gasteiger partial charge in [-0.25, -0.2) is 9.78 Å². The van der Waals surface area contributed by atoms with Gasteiger partial charge in [-0.2, -0.15) is 0 Å². The van der Waals surface area contributed by atoms with Crippen molar-refractivity contribution in [3.05, 3.63) is 23.9 Å². The number of amides is 1. The predicted octanol–water partition coefficient (Wildman–Crippen LogP) is 1.95. The largest absolute Gasteiger partial charge is 0.443 e. The first kappa shape index (κ1) is 13.4. The number of carbonyl (C=O) groups is 1. The number of aromatic nitrogens is 1. The van der Waals surface area contributed by atoms with E-state index in [0.717, 1.165) is 0 Å². The van der Waals surface area contributed by atoms with Gasteiger partial charge in [0, 0.05) is 13.2 Å². The van der Waals surface area contributed by atoms with Crippen LogP contribution in [0, 0.1) is 0 Å². The molecule has 0 aromatic carbocycles. The van der Waals surface area contributed by atoms with E-state index >= 15 is 0 Å². The van der Waals surface area contributed by atoms with Crippen molar-refractivity contribution < 1.29 is 14.6 Å². The minimum atomic E-state index is -0.542. The summed E-state index contributed by atoms with van der Waals surface area (Å²) >= 11 is 0. The summed E-state index contributed by atoms with van der Waals surface area (Å²) in [6.45, 7) is 5.32. The molecule has 5 heteroatoms. The second-order valence-electron chi connectivity index (χ2n) is 4.72. The van der Waals surface area contributed by atoms with Crippen molar-refractivity contribution in [2.75, 3.05) is 11.9 Å². The van der Waals surface area contributed by atoms with Crippen LogP contribution in [-0.4, -0.2) is 28.8 Å².